The number of hydrogen-bond acceptors (Lipinski definition) is 7. The van der Waals surface area contributed by atoms with Gasteiger partial charge in [-0.25, -0.2) is 4.79 Å². The lowest BCUT2D eigenvalue weighted by molar-refractivity contribution is -0.147. The Morgan fingerprint density at radius 3 is 2.39 bits per heavy atom. The molecule has 1 saturated heterocycles. The predicted octanol–water partition coefficient (Wildman–Crippen LogP) is -1.78. The number of nitrogens with one attached hydrogen (secondary N) is 2. The Balaban J connectivity index is 2.88. The maximum absolute atomic E-state index is 12.7. The summed E-state index contributed by atoms with van der Waals surface area (Å²) in [4.78, 5) is 60.4. The van der Waals surface area contributed by atoms with Gasteiger partial charge in [0.1, 0.15) is 18.1 Å². The van der Waals surface area contributed by atoms with Gasteiger partial charge in [-0.05, 0) is 31.3 Å². The number of carbonyl (C=O) groups is 5. The van der Waals surface area contributed by atoms with Crippen LogP contribution >= 0.6 is 11.8 Å². The Morgan fingerprint density at radius 1 is 1.18 bits per heavy atom. The van der Waals surface area contributed by atoms with E-state index in [1.54, 1.807) is 0 Å². The molecule has 1 rings (SSSR count). The molecule has 0 aromatic heterocycles. The lowest BCUT2D eigenvalue weighted by Gasteiger charge is -2.29. The van der Waals surface area contributed by atoms with E-state index in [4.69, 9.17) is 10.8 Å². The minimum atomic E-state index is -1.35. The summed E-state index contributed by atoms with van der Waals surface area (Å²) in [5, 5.41) is 22.9. The molecule has 0 aromatic carbocycles. The van der Waals surface area contributed by atoms with Crippen LogP contribution in [0.25, 0.3) is 0 Å². The van der Waals surface area contributed by atoms with Crippen molar-refractivity contribution in [2.45, 2.75) is 43.8 Å². The first-order valence-corrected chi connectivity index (χ1v) is 10.1. The van der Waals surface area contributed by atoms with Crippen molar-refractivity contribution in [1.29, 1.82) is 0 Å². The maximum Gasteiger partial charge on any atom is 0.326 e. The molecule has 11 nitrogen and oxygen atoms in total. The molecule has 12 heteroatoms. The number of aliphatic carboxylic acids is 2. The van der Waals surface area contributed by atoms with E-state index in [-0.39, 0.29) is 13.0 Å². The van der Waals surface area contributed by atoms with Crippen LogP contribution in [0.5, 0.6) is 0 Å². The van der Waals surface area contributed by atoms with E-state index in [0.717, 1.165) is 0 Å². The van der Waals surface area contributed by atoms with Gasteiger partial charge in [-0.1, -0.05) is 0 Å². The van der Waals surface area contributed by atoms with Crippen LogP contribution in [-0.2, 0) is 24.0 Å². The second-order valence-corrected chi connectivity index (χ2v) is 7.28. The summed E-state index contributed by atoms with van der Waals surface area (Å²) in [6.45, 7) is -0.211. The third kappa shape index (κ3) is 7.00. The molecule has 0 saturated carbocycles. The molecular weight excluding hydrogens is 392 g/mol. The van der Waals surface area contributed by atoms with E-state index in [1.165, 1.54) is 16.7 Å². The summed E-state index contributed by atoms with van der Waals surface area (Å²) in [5.41, 5.74) is 5.20. The van der Waals surface area contributed by atoms with Gasteiger partial charge in [0.2, 0.25) is 17.7 Å². The highest BCUT2D eigenvalue weighted by Crippen LogP contribution is 2.20. The molecule has 1 aliphatic rings. The molecule has 1 fully saturated rings. The molecule has 1 heterocycles. The summed E-state index contributed by atoms with van der Waals surface area (Å²) in [7, 11) is 0. The molecule has 0 unspecified atom stereocenters. The lowest BCUT2D eigenvalue weighted by Crippen LogP contribution is -2.56. The number of amides is 3. The van der Waals surface area contributed by atoms with Gasteiger partial charge in [-0.2, -0.15) is 11.8 Å². The highest BCUT2D eigenvalue weighted by molar-refractivity contribution is 7.98. The van der Waals surface area contributed by atoms with Crippen molar-refractivity contribution in [1.82, 2.24) is 15.5 Å². The molecule has 6 N–H and O–H groups in total. The van der Waals surface area contributed by atoms with Crippen LogP contribution in [0.2, 0.25) is 0 Å². The molecule has 0 bridgehead atoms. The average Bonchev–Trinajstić information content (AvgIpc) is 3.12. The van der Waals surface area contributed by atoms with Crippen LogP contribution in [0.15, 0.2) is 0 Å². The smallest absolute Gasteiger partial charge is 0.326 e. The topological polar surface area (TPSA) is 179 Å². The largest absolute Gasteiger partial charge is 0.481 e. The third-order valence-corrected chi connectivity index (χ3v) is 4.91. The van der Waals surface area contributed by atoms with Gasteiger partial charge in [-0.15, -0.1) is 0 Å². The van der Waals surface area contributed by atoms with Gasteiger partial charge < -0.3 is 31.5 Å². The quantitative estimate of drug-likeness (QED) is 0.259. The van der Waals surface area contributed by atoms with Crippen molar-refractivity contribution >= 4 is 41.4 Å². The van der Waals surface area contributed by atoms with Crippen LogP contribution in [0.1, 0.15) is 25.7 Å². The van der Waals surface area contributed by atoms with E-state index in [1.807, 2.05) is 6.26 Å². The van der Waals surface area contributed by atoms with Gasteiger partial charge in [0.25, 0.3) is 0 Å². The summed E-state index contributed by atoms with van der Waals surface area (Å²) in [6, 6.07) is -3.35. The molecule has 3 atom stereocenters. The normalized spacial score (nSPS) is 18.2. The summed E-state index contributed by atoms with van der Waals surface area (Å²) >= 11 is 1.44. The Morgan fingerprint density at radius 2 is 1.86 bits per heavy atom. The van der Waals surface area contributed by atoms with Crippen molar-refractivity contribution in [2.75, 3.05) is 25.1 Å². The Bertz CT molecular complexity index is 616. The fourth-order valence-electron chi connectivity index (χ4n) is 2.89. The first kappa shape index (κ1) is 23.7. The summed E-state index contributed by atoms with van der Waals surface area (Å²) in [6.07, 6.45) is 2.21. The molecule has 0 spiro atoms. The number of rotatable bonds is 11. The number of carboxylic acids is 2. The van der Waals surface area contributed by atoms with E-state index < -0.39 is 60.8 Å². The van der Waals surface area contributed by atoms with Crippen molar-refractivity contribution in [2.24, 2.45) is 5.73 Å². The third-order valence-electron chi connectivity index (χ3n) is 4.26. The van der Waals surface area contributed by atoms with Crippen molar-refractivity contribution in [3.05, 3.63) is 0 Å². The SMILES string of the molecule is CSCC[C@H](NC(=O)[C@@H]1CCCN1C(=O)[C@H](CC(=O)O)NC(=O)CN)C(=O)O. The Hall–Kier alpha value is -2.34. The summed E-state index contributed by atoms with van der Waals surface area (Å²) in [5.74, 6) is -3.94. The van der Waals surface area contributed by atoms with Crippen molar-refractivity contribution < 1.29 is 34.2 Å². The van der Waals surface area contributed by atoms with E-state index in [2.05, 4.69) is 10.6 Å². The lowest BCUT2D eigenvalue weighted by atomic mass is 10.1. The average molecular weight is 418 g/mol. The number of hydrogen-bond donors (Lipinski definition) is 5. The molecule has 0 aromatic rings. The van der Waals surface area contributed by atoms with E-state index in [9.17, 15) is 29.1 Å². The number of carbonyl (C=O) groups excluding carboxylic acids is 3. The van der Waals surface area contributed by atoms with Crippen LogP contribution in [0, 0.1) is 0 Å². The van der Waals surface area contributed by atoms with E-state index >= 15 is 0 Å². The van der Waals surface area contributed by atoms with Crippen molar-refractivity contribution in [3.63, 3.8) is 0 Å². The number of nitrogens with two attached hydrogens (primary N) is 1. The minimum absolute atomic E-state index is 0.202. The van der Waals surface area contributed by atoms with Gasteiger partial charge in [0.15, 0.2) is 0 Å². The first-order valence-electron chi connectivity index (χ1n) is 8.75. The molecule has 3 amide bonds. The fourth-order valence-corrected chi connectivity index (χ4v) is 3.36. The predicted molar refractivity (Wildman–Crippen MR) is 101 cm³/mol. The number of nitrogens with zero attached hydrogens (tertiary/aromatic N) is 1. The molecule has 158 valence electrons. The fraction of sp³-hybridized carbons (Fsp3) is 0.688. The molecule has 0 radical (unpaired) electrons. The van der Waals surface area contributed by atoms with E-state index in [0.29, 0.717) is 18.6 Å². The Labute approximate surface area is 166 Å². The second kappa shape index (κ2) is 11.5. The zero-order valence-corrected chi connectivity index (χ0v) is 16.4. The van der Waals surface area contributed by atoms with Gasteiger partial charge in [-0.3, -0.25) is 19.2 Å². The number of likely N-dealkylation sites (tertiary alicyclic amines) is 1. The molecule has 0 aliphatic carbocycles. The molecule has 28 heavy (non-hydrogen) atoms. The van der Waals surface area contributed by atoms with Gasteiger partial charge >= 0.3 is 11.9 Å². The van der Waals surface area contributed by atoms with Crippen LogP contribution in [0.4, 0.5) is 0 Å². The monoisotopic (exact) mass is 418 g/mol. The second-order valence-electron chi connectivity index (χ2n) is 6.29. The zero-order valence-electron chi connectivity index (χ0n) is 15.6. The Kier molecular flexibility index (Phi) is 9.73. The highest BCUT2D eigenvalue weighted by Gasteiger charge is 2.39. The highest BCUT2D eigenvalue weighted by atomic mass is 32.2. The number of thioether (sulfide) groups is 1. The van der Waals surface area contributed by atoms with Crippen molar-refractivity contribution in [3.8, 4) is 0 Å². The minimum Gasteiger partial charge on any atom is -0.481 e. The molecular formula is C16H26N4O7S. The number of carboxylic acid groups (broad SMARTS) is 2. The van der Waals surface area contributed by atoms with Gasteiger partial charge in [0.05, 0.1) is 13.0 Å². The maximum atomic E-state index is 12.7. The first-order chi connectivity index (χ1) is 13.2. The van der Waals surface area contributed by atoms with Gasteiger partial charge in [0, 0.05) is 6.54 Å². The zero-order chi connectivity index (χ0) is 21.3. The molecule has 1 aliphatic heterocycles. The van der Waals surface area contributed by atoms with Crippen LogP contribution in [-0.4, -0.2) is 88.0 Å². The van der Waals surface area contributed by atoms with Crippen LogP contribution in [0.3, 0.4) is 0 Å². The van der Waals surface area contributed by atoms with Crippen LogP contribution < -0.4 is 16.4 Å². The standard InChI is InChI=1S/C16H26N4O7S/c1-28-6-4-9(16(26)27)19-14(24)11-3-2-5-20(11)15(25)10(7-13(22)23)18-12(21)8-17/h9-11H,2-8,17H2,1H3,(H,18,21)(H,19,24)(H,22,23)(H,26,27)/t9-,10-,11-/m0/s1. The summed E-state index contributed by atoms with van der Waals surface area (Å²) < 4.78 is 0.